The lowest BCUT2D eigenvalue weighted by Gasteiger charge is -2.45. The average Bonchev–Trinajstić information content (AvgIpc) is 3.17. The minimum absolute atomic E-state index is 0.237. The van der Waals surface area contributed by atoms with Gasteiger partial charge in [0.25, 0.3) is 0 Å². The Labute approximate surface area is 256 Å². The monoisotopic (exact) mass is 654 g/mol. The summed E-state index contributed by atoms with van der Waals surface area (Å²) in [6, 6.07) is -4.07. The van der Waals surface area contributed by atoms with E-state index in [1.54, 1.807) is 0 Å². The second-order valence-corrected chi connectivity index (χ2v) is 10.9. The zero-order chi connectivity index (χ0) is 33.1. The normalized spacial score (nSPS) is 44.3. The molecule has 1 saturated carbocycles. The lowest BCUT2D eigenvalue weighted by atomic mass is 9.81. The van der Waals surface area contributed by atoms with Crippen molar-refractivity contribution in [3.8, 4) is 0 Å². The largest absolute Gasteiger partial charge is 0.394 e. The highest BCUT2D eigenvalue weighted by Crippen LogP contribution is 2.38. The number of aliphatic imine (C=N–C) groups is 2. The fourth-order valence-electron chi connectivity index (χ4n) is 5.29. The summed E-state index contributed by atoms with van der Waals surface area (Å²) in [5.74, 6) is -1.02. The molecule has 21 nitrogen and oxygen atoms in total. The third kappa shape index (κ3) is 7.44. The number of guanidine groups is 2. The van der Waals surface area contributed by atoms with Crippen LogP contribution in [0, 0.1) is 0 Å². The summed E-state index contributed by atoms with van der Waals surface area (Å²) in [6.07, 6.45) is -16.2. The molecule has 252 valence electrons. The number of nitrogens with one attached hydrogen (secondary N) is 2. The van der Waals surface area contributed by atoms with E-state index in [9.17, 15) is 35.7 Å². The second kappa shape index (κ2) is 14.7. The van der Waals surface area contributed by atoms with Crippen molar-refractivity contribution in [2.75, 3.05) is 13.7 Å². The zero-order valence-electron chi connectivity index (χ0n) is 23.8. The van der Waals surface area contributed by atoms with Crippen LogP contribution in [0.25, 0.3) is 0 Å². The Kier molecular flexibility index (Phi) is 12.0. The SMILES string of the molecule is CN[C@@H]1[C@H](O[C@@H]2[C@H](O[C@@H]3[C@H](O)[C@H](O)[C@H](N=C(N)N)[C@H](O)[C@@H]3N=C(N)N)O[C@H](C)[C@]2(O)C=NNC(N)=S)O[C@H](CO)[C@H](O)[C@@H]1O. The molecule has 0 radical (unpaired) electrons. The van der Waals surface area contributed by atoms with Crippen molar-refractivity contribution < 1.29 is 54.7 Å². The molecule has 0 bridgehead atoms. The highest BCUT2D eigenvalue weighted by atomic mass is 32.1. The molecule has 19 N–H and O–H groups in total. The Morgan fingerprint density at radius 2 is 1.50 bits per heavy atom. The van der Waals surface area contributed by atoms with Gasteiger partial charge in [0, 0.05) is 0 Å². The van der Waals surface area contributed by atoms with Crippen molar-refractivity contribution >= 4 is 35.5 Å². The van der Waals surface area contributed by atoms with Gasteiger partial charge >= 0.3 is 0 Å². The van der Waals surface area contributed by atoms with Crippen LogP contribution in [0.5, 0.6) is 0 Å². The van der Waals surface area contributed by atoms with Crippen molar-refractivity contribution in [1.29, 1.82) is 0 Å². The quantitative estimate of drug-likeness (QED) is 0.0450. The Hall–Kier alpha value is -2.58. The van der Waals surface area contributed by atoms with Crippen molar-refractivity contribution in [2.45, 2.75) is 98.2 Å². The molecule has 44 heavy (non-hydrogen) atoms. The zero-order valence-corrected chi connectivity index (χ0v) is 24.6. The summed E-state index contributed by atoms with van der Waals surface area (Å²) in [7, 11) is 1.44. The number of hydrogen-bond donors (Lipinski definition) is 14. The summed E-state index contributed by atoms with van der Waals surface area (Å²) in [4.78, 5) is 7.71. The van der Waals surface area contributed by atoms with Crippen LogP contribution < -0.4 is 39.4 Å². The van der Waals surface area contributed by atoms with Crippen molar-refractivity contribution in [3.05, 3.63) is 0 Å². The fraction of sp³-hybridized carbons (Fsp3) is 0.818. The number of hydrogen-bond acceptors (Lipinski definition) is 16. The number of aliphatic hydroxyl groups is 7. The molecule has 3 fully saturated rings. The van der Waals surface area contributed by atoms with E-state index >= 15 is 0 Å². The Balaban J connectivity index is 2.04. The van der Waals surface area contributed by atoms with Gasteiger partial charge in [-0.15, -0.1) is 0 Å². The van der Waals surface area contributed by atoms with E-state index in [4.69, 9.17) is 59.8 Å². The van der Waals surface area contributed by atoms with Crippen LogP contribution >= 0.6 is 12.2 Å². The van der Waals surface area contributed by atoms with Gasteiger partial charge in [-0.2, -0.15) is 5.10 Å². The van der Waals surface area contributed by atoms with Crippen LogP contribution in [0.3, 0.4) is 0 Å². The molecular weight excluding hydrogens is 612 g/mol. The minimum Gasteiger partial charge on any atom is -0.394 e. The van der Waals surface area contributed by atoms with Gasteiger partial charge < -0.3 is 88.7 Å². The van der Waals surface area contributed by atoms with Gasteiger partial charge in [-0.25, -0.2) is 9.98 Å². The predicted octanol–water partition coefficient (Wildman–Crippen LogP) is -8.54. The van der Waals surface area contributed by atoms with E-state index in [0.29, 0.717) is 0 Å². The summed E-state index contributed by atoms with van der Waals surface area (Å²) in [6.45, 7) is 0.721. The maximum atomic E-state index is 11.8. The number of aliphatic hydroxyl groups excluding tert-OH is 6. The van der Waals surface area contributed by atoms with E-state index in [1.165, 1.54) is 14.0 Å². The van der Waals surface area contributed by atoms with Crippen LogP contribution in [-0.4, -0.2) is 164 Å². The molecule has 15 atom stereocenters. The number of thiocarbonyl (C=S) groups is 1. The molecule has 0 aromatic carbocycles. The summed E-state index contributed by atoms with van der Waals surface area (Å²) < 4.78 is 23.6. The number of likely N-dealkylation sites (N-methyl/N-ethyl adjacent to an activating group) is 1. The molecule has 0 unspecified atom stereocenters. The summed E-state index contributed by atoms with van der Waals surface area (Å²) in [5.41, 5.74) is 27.5. The highest BCUT2D eigenvalue weighted by Gasteiger charge is 2.60. The van der Waals surface area contributed by atoms with E-state index in [2.05, 4.69) is 25.8 Å². The molecular formula is C22H42N10O11S. The molecule has 2 saturated heterocycles. The first kappa shape index (κ1) is 35.9. The van der Waals surface area contributed by atoms with Gasteiger partial charge in [0.1, 0.15) is 60.9 Å². The van der Waals surface area contributed by atoms with Crippen molar-refractivity contribution in [1.82, 2.24) is 10.7 Å². The topological polar surface area (TPSA) is 370 Å². The van der Waals surface area contributed by atoms with Gasteiger partial charge in [-0.1, -0.05) is 0 Å². The van der Waals surface area contributed by atoms with Crippen molar-refractivity contribution in [3.63, 3.8) is 0 Å². The molecule has 0 amide bonds. The maximum absolute atomic E-state index is 11.8. The van der Waals surface area contributed by atoms with Gasteiger partial charge in [-0.3, -0.25) is 5.43 Å². The summed E-state index contributed by atoms with van der Waals surface area (Å²) in [5, 5.41) is 81.7. The number of nitrogens with zero attached hydrogens (tertiary/aromatic N) is 3. The van der Waals surface area contributed by atoms with Crippen LogP contribution in [0.15, 0.2) is 15.1 Å². The molecule has 22 heteroatoms. The van der Waals surface area contributed by atoms with Crippen LogP contribution in [0.2, 0.25) is 0 Å². The molecule has 0 aromatic heterocycles. The van der Waals surface area contributed by atoms with E-state index < -0.39 is 110 Å². The van der Waals surface area contributed by atoms with Crippen LogP contribution in [0.1, 0.15) is 6.92 Å². The second-order valence-electron chi connectivity index (χ2n) is 10.5. The van der Waals surface area contributed by atoms with Crippen LogP contribution in [-0.2, 0) is 18.9 Å². The Morgan fingerprint density at radius 1 is 0.886 bits per heavy atom. The third-order valence-electron chi connectivity index (χ3n) is 7.59. The Bertz CT molecular complexity index is 1090. The number of ether oxygens (including phenoxy) is 4. The van der Waals surface area contributed by atoms with Crippen molar-refractivity contribution in [2.24, 2.45) is 43.8 Å². The molecule has 2 heterocycles. The van der Waals surface area contributed by atoms with Crippen LogP contribution in [0.4, 0.5) is 0 Å². The van der Waals surface area contributed by atoms with E-state index in [-0.39, 0.29) is 5.11 Å². The lowest BCUT2D eigenvalue weighted by Crippen LogP contribution is -2.66. The summed E-state index contributed by atoms with van der Waals surface area (Å²) >= 11 is 4.74. The Morgan fingerprint density at radius 3 is 2.05 bits per heavy atom. The van der Waals surface area contributed by atoms with E-state index in [1.807, 2.05) is 0 Å². The average molecular weight is 655 g/mol. The van der Waals surface area contributed by atoms with Gasteiger partial charge in [0.15, 0.2) is 35.2 Å². The first-order chi connectivity index (χ1) is 20.6. The fourth-order valence-corrected chi connectivity index (χ4v) is 5.35. The van der Waals surface area contributed by atoms with Gasteiger partial charge in [0.05, 0.1) is 25.0 Å². The standard InChI is InChI=1S/C22H42N10O11S/c1-5-22(39,4-29-32-21(27)44)16(43-17-9(28-2)13(37)10(34)6(3-33)41-17)18(40-5)42-15-8(31-20(25)26)11(35)7(30-19(23)24)12(36)14(15)38/h4-18,28,33-39H,3H2,1-2H3,(H4,23,24,30)(H4,25,26,31)(H3,27,32,44)/t5-,6-,7-,8+,9+,10+,11+,12-,13-,14-,15+,16-,17+,18+,22-/m1/s1. The molecule has 2 aliphatic heterocycles. The highest BCUT2D eigenvalue weighted by molar-refractivity contribution is 7.80. The number of nitrogens with two attached hydrogens (primary N) is 5. The van der Waals surface area contributed by atoms with E-state index in [0.717, 1.165) is 6.21 Å². The lowest BCUT2D eigenvalue weighted by molar-refractivity contribution is -0.313. The first-order valence-corrected chi connectivity index (χ1v) is 13.8. The number of rotatable bonds is 10. The molecule has 0 spiro atoms. The molecule has 3 rings (SSSR count). The molecule has 3 aliphatic rings. The van der Waals surface area contributed by atoms with Gasteiger partial charge in [0.2, 0.25) is 0 Å². The predicted molar refractivity (Wildman–Crippen MR) is 155 cm³/mol. The third-order valence-corrected chi connectivity index (χ3v) is 7.69. The first-order valence-electron chi connectivity index (χ1n) is 13.4. The maximum Gasteiger partial charge on any atom is 0.188 e. The molecule has 1 aliphatic carbocycles. The number of hydrazone groups is 1. The molecule has 0 aromatic rings. The smallest absolute Gasteiger partial charge is 0.188 e. The van der Waals surface area contributed by atoms with Gasteiger partial charge in [-0.05, 0) is 26.2 Å². The minimum atomic E-state index is -2.18.